The predicted molar refractivity (Wildman–Crippen MR) is 82.6 cm³/mol. The molecule has 3 heteroatoms. The first-order chi connectivity index (χ1) is 9.38. The molecule has 1 aromatic carbocycles. The van der Waals surface area contributed by atoms with E-state index in [0.29, 0.717) is 0 Å². The molecule has 1 N–H and O–H groups in total. The van der Waals surface area contributed by atoms with Crippen LogP contribution in [-0.4, -0.2) is 43.4 Å². The Morgan fingerprint density at radius 2 is 1.95 bits per heavy atom. The van der Waals surface area contributed by atoms with E-state index >= 15 is 0 Å². The summed E-state index contributed by atoms with van der Waals surface area (Å²) in [5.74, 6) is 4.19. The molecule has 1 heterocycles. The van der Waals surface area contributed by atoms with Crippen molar-refractivity contribution in [2.75, 3.05) is 38.5 Å². The van der Waals surface area contributed by atoms with Gasteiger partial charge in [-0.2, -0.15) is 0 Å². The minimum atomic E-state index is 0.989. The lowest BCUT2D eigenvalue weighted by atomic mass is 10.2. The van der Waals surface area contributed by atoms with E-state index < -0.39 is 0 Å². The van der Waals surface area contributed by atoms with Crippen molar-refractivity contribution < 1.29 is 0 Å². The SMILES string of the molecule is CCN(CCSc1ccccc1)CC1[C@H]2CNC[C@@H]12. The fourth-order valence-electron chi connectivity index (χ4n) is 3.30. The molecule has 3 atom stereocenters. The fraction of sp³-hybridized carbons (Fsp3) is 0.625. The number of fused-ring (bicyclic) bond motifs is 1. The van der Waals surface area contributed by atoms with Gasteiger partial charge < -0.3 is 10.2 Å². The first kappa shape index (κ1) is 13.5. The van der Waals surface area contributed by atoms with E-state index in [0.717, 1.165) is 17.8 Å². The second-order valence-electron chi connectivity index (χ2n) is 5.70. The van der Waals surface area contributed by atoms with Gasteiger partial charge in [0.1, 0.15) is 0 Å². The summed E-state index contributed by atoms with van der Waals surface area (Å²) in [6.45, 7) is 8.57. The molecule has 1 saturated heterocycles. The zero-order valence-corrected chi connectivity index (χ0v) is 12.5. The Morgan fingerprint density at radius 3 is 2.63 bits per heavy atom. The van der Waals surface area contributed by atoms with E-state index in [4.69, 9.17) is 0 Å². The molecule has 1 aromatic rings. The number of benzene rings is 1. The molecule has 0 radical (unpaired) electrons. The van der Waals surface area contributed by atoms with Crippen LogP contribution in [0.1, 0.15) is 6.92 Å². The van der Waals surface area contributed by atoms with Crippen molar-refractivity contribution in [3.8, 4) is 0 Å². The molecule has 2 nitrogen and oxygen atoms in total. The van der Waals surface area contributed by atoms with Gasteiger partial charge >= 0.3 is 0 Å². The Balaban J connectivity index is 1.38. The minimum absolute atomic E-state index is 0.989. The van der Waals surface area contributed by atoms with Gasteiger partial charge in [-0.3, -0.25) is 0 Å². The van der Waals surface area contributed by atoms with Crippen LogP contribution in [0, 0.1) is 17.8 Å². The number of thioether (sulfide) groups is 1. The quantitative estimate of drug-likeness (QED) is 0.771. The van der Waals surface area contributed by atoms with Crippen LogP contribution in [-0.2, 0) is 0 Å². The lowest BCUT2D eigenvalue weighted by Gasteiger charge is -2.21. The molecular formula is C16H24N2S. The number of nitrogens with one attached hydrogen (secondary N) is 1. The van der Waals surface area contributed by atoms with E-state index in [-0.39, 0.29) is 0 Å². The van der Waals surface area contributed by atoms with Crippen LogP contribution >= 0.6 is 11.8 Å². The number of rotatable bonds is 7. The minimum Gasteiger partial charge on any atom is -0.316 e. The Morgan fingerprint density at radius 1 is 1.21 bits per heavy atom. The molecule has 1 unspecified atom stereocenters. The van der Waals surface area contributed by atoms with Gasteiger partial charge in [0.2, 0.25) is 0 Å². The highest BCUT2D eigenvalue weighted by Crippen LogP contribution is 2.48. The van der Waals surface area contributed by atoms with Gasteiger partial charge in [-0.05, 0) is 49.5 Å². The van der Waals surface area contributed by atoms with Gasteiger partial charge in [-0.15, -0.1) is 11.8 Å². The smallest absolute Gasteiger partial charge is 0.0108 e. The summed E-state index contributed by atoms with van der Waals surface area (Å²) in [4.78, 5) is 4.03. The van der Waals surface area contributed by atoms with E-state index in [2.05, 4.69) is 47.5 Å². The average Bonchev–Trinajstić information content (AvgIpc) is 2.88. The van der Waals surface area contributed by atoms with Crippen LogP contribution in [0.3, 0.4) is 0 Å². The van der Waals surface area contributed by atoms with Gasteiger partial charge in [0.15, 0.2) is 0 Å². The molecule has 1 aliphatic carbocycles. The highest BCUT2D eigenvalue weighted by atomic mass is 32.2. The molecule has 19 heavy (non-hydrogen) atoms. The Hall–Kier alpha value is -0.510. The Labute approximate surface area is 121 Å². The zero-order chi connectivity index (χ0) is 13.1. The summed E-state index contributed by atoms with van der Waals surface area (Å²) in [6.07, 6.45) is 0. The molecule has 104 valence electrons. The van der Waals surface area contributed by atoms with Crippen molar-refractivity contribution in [2.45, 2.75) is 11.8 Å². The lowest BCUT2D eigenvalue weighted by Crippen LogP contribution is -2.30. The molecule has 2 fully saturated rings. The first-order valence-electron chi connectivity index (χ1n) is 7.49. The maximum Gasteiger partial charge on any atom is 0.0108 e. The van der Waals surface area contributed by atoms with Crippen molar-refractivity contribution in [3.63, 3.8) is 0 Å². The summed E-state index contributed by atoms with van der Waals surface area (Å²) in [6, 6.07) is 10.7. The normalized spacial score (nSPS) is 28.6. The van der Waals surface area contributed by atoms with E-state index in [1.54, 1.807) is 0 Å². The van der Waals surface area contributed by atoms with E-state index in [9.17, 15) is 0 Å². The first-order valence-corrected chi connectivity index (χ1v) is 8.48. The van der Waals surface area contributed by atoms with Gasteiger partial charge in [0.25, 0.3) is 0 Å². The van der Waals surface area contributed by atoms with Crippen LogP contribution in [0.25, 0.3) is 0 Å². The van der Waals surface area contributed by atoms with E-state index in [1.807, 2.05) is 11.8 Å². The third-order valence-corrected chi connectivity index (χ3v) is 5.60. The third kappa shape index (κ3) is 3.33. The molecule has 1 saturated carbocycles. The summed E-state index contributed by atoms with van der Waals surface area (Å²) >= 11 is 1.98. The summed E-state index contributed by atoms with van der Waals surface area (Å²) in [5.41, 5.74) is 0. The second-order valence-corrected chi connectivity index (χ2v) is 6.87. The molecule has 1 aliphatic heterocycles. The number of nitrogens with zero attached hydrogens (tertiary/aromatic N) is 1. The molecule has 0 aromatic heterocycles. The van der Waals surface area contributed by atoms with Crippen molar-refractivity contribution in [2.24, 2.45) is 17.8 Å². The van der Waals surface area contributed by atoms with Crippen LogP contribution in [0.5, 0.6) is 0 Å². The molecule has 0 amide bonds. The van der Waals surface area contributed by atoms with Crippen LogP contribution in [0.15, 0.2) is 35.2 Å². The highest BCUT2D eigenvalue weighted by molar-refractivity contribution is 7.99. The molecular weight excluding hydrogens is 252 g/mol. The maximum atomic E-state index is 3.49. The van der Waals surface area contributed by atoms with Crippen molar-refractivity contribution in [3.05, 3.63) is 30.3 Å². The largest absolute Gasteiger partial charge is 0.316 e. The topological polar surface area (TPSA) is 15.3 Å². The van der Waals surface area contributed by atoms with Gasteiger partial charge in [-0.25, -0.2) is 0 Å². The Bertz CT molecular complexity index is 385. The highest BCUT2D eigenvalue weighted by Gasteiger charge is 2.52. The molecule has 3 rings (SSSR count). The van der Waals surface area contributed by atoms with E-state index in [1.165, 1.54) is 43.4 Å². The standard InChI is InChI=1S/C16H24N2S/c1-2-18(12-16-14-10-17-11-15(14)16)8-9-19-13-6-4-3-5-7-13/h3-7,14-17H,2,8-12H2,1H3/t14-,15+,16?. The van der Waals surface area contributed by atoms with Gasteiger partial charge in [0, 0.05) is 23.7 Å². The second kappa shape index (κ2) is 6.29. The fourth-order valence-corrected chi connectivity index (χ4v) is 4.24. The zero-order valence-electron chi connectivity index (χ0n) is 11.7. The monoisotopic (exact) mass is 276 g/mol. The van der Waals surface area contributed by atoms with Crippen LogP contribution in [0.2, 0.25) is 0 Å². The summed E-state index contributed by atoms with van der Waals surface area (Å²) in [5, 5.41) is 3.49. The van der Waals surface area contributed by atoms with Crippen molar-refractivity contribution >= 4 is 11.8 Å². The summed E-state index contributed by atoms with van der Waals surface area (Å²) < 4.78 is 0. The Kier molecular flexibility index (Phi) is 4.46. The molecule has 0 bridgehead atoms. The average molecular weight is 276 g/mol. The predicted octanol–water partition coefficient (Wildman–Crippen LogP) is 2.57. The lowest BCUT2D eigenvalue weighted by molar-refractivity contribution is 0.279. The van der Waals surface area contributed by atoms with Crippen LogP contribution < -0.4 is 5.32 Å². The van der Waals surface area contributed by atoms with Gasteiger partial charge in [-0.1, -0.05) is 25.1 Å². The van der Waals surface area contributed by atoms with Crippen LogP contribution in [0.4, 0.5) is 0 Å². The number of hydrogen-bond donors (Lipinski definition) is 1. The number of hydrogen-bond acceptors (Lipinski definition) is 3. The van der Waals surface area contributed by atoms with Gasteiger partial charge in [0.05, 0.1) is 0 Å². The number of piperidine rings is 1. The molecule has 2 aliphatic rings. The maximum absolute atomic E-state index is 3.49. The van der Waals surface area contributed by atoms with Crippen molar-refractivity contribution in [1.29, 1.82) is 0 Å². The summed E-state index contributed by atoms with van der Waals surface area (Å²) in [7, 11) is 0. The molecule has 0 spiro atoms. The van der Waals surface area contributed by atoms with Crippen molar-refractivity contribution in [1.82, 2.24) is 10.2 Å². The third-order valence-electron chi connectivity index (χ3n) is 4.60.